The second-order valence-corrected chi connectivity index (χ2v) is 34.7. The Morgan fingerprint density at radius 2 is 0.766 bits per heavy atom. The van der Waals surface area contributed by atoms with Crippen molar-refractivity contribution in [2.75, 3.05) is 33.0 Å². The van der Waals surface area contributed by atoms with Crippen molar-refractivity contribution in [2.45, 2.75) is 331 Å². The van der Waals surface area contributed by atoms with Crippen LogP contribution < -0.4 is 16.0 Å². The van der Waals surface area contributed by atoms with Crippen LogP contribution in [0.5, 0.6) is 0 Å². The van der Waals surface area contributed by atoms with Gasteiger partial charge in [-0.25, -0.2) is 9.59 Å². The highest BCUT2D eigenvalue weighted by molar-refractivity contribution is 6.68. The van der Waals surface area contributed by atoms with Crippen LogP contribution in [-0.4, -0.2) is 235 Å². The van der Waals surface area contributed by atoms with Crippen molar-refractivity contribution in [3.8, 4) is 0 Å². The number of esters is 3. The minimum Gasteiger partial charge on any atom is -0.463 e. The zero-order chi connectivity index (χ0) is 79.4. The van der Waals surface area contributed by atoms with Gasteiger partial charge in [0.15, 0.2) is 56.2 Å². The SMILES string of the molecule is CCO[C@@H]1OC(CC)[C@@H](O[C@@H]2OC(CC)[C@@H](O[C@@H]3OC(CO[C@@H]4C[C@@H](C)[C@H](C)C(CC)O4)[C@@H](O)[C@H](O[C@@H]4OC(CC)[C@H](C)C(C)[C@@H]4O[C@@H]4OC(CC)[C@@H](O[C@@H]5OC(COC(C)=O)[C@H](C)[C@H](C)C5OC(C)=O)[C@H](C)C4NC(C)=O)C3OC(C)=O)[C@H](C)C2NC(=O)OCC(Cl)(Cl)Cl)[C@H](C)C1NC(=O)OCC(Cl)(Cl)Cl. The summed E-state index contributed by atoms with van der Waals surface area (Å²) in [6.07, 6.45) is -22.4. The number of hydrogen-bond acceptors (Lipinski definition) is 26. The lowest BCUT2D eigenvalue weighted by Gasteiger charge is -2.53. The average molecular weight is 1650 g/mol. The molecule has 107 heavy (non-hydrogen) atoms. The van der Waals surface area contributed by atoms with E-state index in [0.717, 1.165) is 0 Å². The van der Waals surface area contributed by atoms with Crippen LogP contribution in [-0.2, 0) is 109 Å². The molecule has 0 aromatic carbocycles. The third-order valence-corrected chi connectivity index (χ3v) is 22.8. The molecule has 4 N–H and O–H groups in total. The fourth-order valence-corrected chi connectivity index (χ4v) is 15.9. The molecule has 7 aliphatic heterocycles. The molecule has 3 amide bonds. The summed E-state index contributed by atoms with van der Waals surface area (Å²) in [6, 6.07) is -3.06. The molecule has 34 atom stereocenters. The van der Waals surface area contributed by atoms with Gasteiger partial charge in [-0.3, -0.25) is 19.2 Å². The summed E-state index contributed by atoms with van der Waals surface area (Å²) in [4.78, 5) is 79.5. The summed E-state index contributed by atoms with van der Waals surface area (Å²) >= 11 is 36.1. The number of nitrogens with one attached hydrogen (secondary N) is 3. The Morgan fingerprint density at radius 1 is 0.383 bits per heavy atom. The fourth-order valence-electron chi connectivity index (χ4n) is 15.6. The number of aliphatic hydroxyl groups excluding tert-OH is 1. The topological polar surface area (TPSA) is 334 Å². The third kappa shape index (κ3) is 24.6. The van der Waals surface area contributed by atoms with E-state index in [-0.39, 0.29) is 61.9 Å². The third-order valence-electron chi connectivity index (χ3n) is 22.1. The molecule has 0 bridgehead atoms. The Balaban J connectivity index is 1.26. The van der Waals surface area contributed by atoms with Crippen molar-refractivity contribution < 1.29 is 124 Å². The highest BCUT2D eigenvalue weighted by Gasteiger charge is 2.59. The maximum Gasteiger partial charge on any atom is 0.407 e. The Labute approximate surface area is 659 Å². The van der Waals surface area contributed by atoms with Crippen LogP contribution in [0, 0.1) is 53.3 Å². The first-order chi connectivity index (χ1) is 50.3. The van der Waals surface area contributed by atoms with Gasteiger partial charge in [0.05, 0.1) is 79.7 Å². The average Bonchev–Trinajstić information content (AvgIpc) is 0.769. The predicted octanol–water partition coefficient (Wildman–Crippen LogP) is 10.4. The van der Waals surface area contributed by atoms with Gasteiger partial charge in [-0.15, -0.1) is 0 Å². The van der Waals surface area contributed by atoms with Gasteiger partial charge < -0.3 is 111 Å². The summed E-state index contributed by atoms with van der Waals surface area (Å²) in [5, 5.41) is 21.8. The van der Waals surface area contributed by atoms with Crippen molar-refractivity contribution in [2.24, 2.45) is 53.3 Å². The zero-order valence-corrected chi connectivity index (χ0v) is 69.4. The van der Waals surface area contributed by atoms with Crippen molar-refractivity contribution >= 4 is 106 Å². The molecule has 35 heteroatoms. The van der Waals surface area contributed by atoms with Crippen molar-refractivity contribution in [1.82, 2.24) is 16.0 Å². The zero-order valence-electron chi connectivity index (χ0n) is 64.8. The Bertz CT molecular complexity index is 2840. The van der Waals surface area contributed by atoms with Crippen molar-refractivity contribution in [3.05, 3.63) is 0 Å². The predicted molar refractivity (Wildman–Crippen MR) is 390 cm³/mol. The van der Waals surface area contributed by atoms with E-state index in [1.54, 1.807) is 13.8 Å². The van der Waals surface area contributed by atoms with Crippen LogP contribution in [0.3, 0.4) is 0 Å². The lowest BCUT2D eigenvalue weighted by molar-refractivity contribution is -0.386. The molecule has 618 valence electrons. The number of carbonyl (C=O) groups is 6. The number of alkyl halides is 6. The molecule has 0 spiro atoms. The highest BCUT2D eigenvalue weighted by atomic mass is 35.6. The molecule has 13 unspecified atom stereocenters. The molecule has 7 saturated heterocycles. The van der Waals surface area contributed by atoms with Crippen LogP contribution in [0.1, 0.15) is 170 Å². The Morgan fingerprint density at radius 3 is 1.23 bits per heavy atom. The van der Waals surface area contributed by atoms with Gasteiger partial charge in [0.1, 0.15) is 44.2 Å². The summed E-state index contributed by atoms with van der Waals surface area (Å²) in [6.45, 7) is 32.6. The second kappa shape index (κ2) is 41.2. The van der Waals surface area contributed by atoms with E-state index in [9.17, 15) is 33.9 Å². The molecule has 29 nitrogen and oxygen atoms in total. The minimum absolute atomic E-state index is 0.0807. The molecule has 0 saturated carbocycles. The number of ether oxygens (including phenoxy) is 19. The van der Waals surface area contributed by atoms with E-state index in [0.29, 0.717) is 32.1 Å². The van der Waals surface area contributed by atoms with Gasteiger partial charge in [-0.2, -0.15) is 0 Å². The van der Waals surface area contributed by atoms with Gasteiger partial charge in [0.2, 0.25) is 13.5 Å². The summed E-state index contributed by atoms with van der Waals surface area (Å²) in [7, 11) is 0. The number of amides is 3. The van der Waals surface area contributed by atoms with Gasteiger partial charge in [-0.1, -0.05) is 167 Å². The molecule has 0 radical (unpaired) electrons. The lowest BCUT2D eigenvalue weighted by atomic mass is 9.82. The van der Waals surface area contributed by atoms with E-state index < -0.39 is 228 Å². The summed E-state index contributed by atoms with van der Waals surface area (Å²) in [5.41, 5.74) is 0. The van der Waals surface area contributed by atoms with E-state index in [2.05, 4.69) is 29.8 Å². The fraction of sp³-hybridized carbons (Fsp3) is 0.917. The van der Waals surface area contributed by atoms with Gasteiger partial charge >= 0.3 is 30.1 Å². The molecule has 7 rings (SSSR count). The number of alkyl carbamates (subject to hydrolysis) is 2. The molecule has 7 aliphatic rings. The second-order valence-electron chi connectivity index (χ2n) is 29.7. The molecular formula is C72H117Cl6N3O26. The minimum atomic E-state index is -2.02. The normalized spacial score (nSPS) is 41.4. The highest BCUT2D eigenvalue weighted by Crippen LogP contribution is 2.45. The maximum absolute atomic E-state index is 14.1. The number of carbonyl (C=O) groups excluding carboxylic acids is 6. The standard InChI is InChI=1S/C72H117Cl6N3O26/c1-20-44-32(8)31(7)26-51(96-44)91-28-50-55(86)61(107-67-60(35(11)33(9)45(21-2)97-67)106-64-53(79-40(16)82)38(14)57(47(23-4)99-64)104-66-59(94-42(18)84)36(12)34(10)49(101-66)27-90-41(17)83)62(95-43(19)85)68(102-50)105-58-39(15)54(81-70(88)93-30-72(76,77)78)65(100-48(58)24-5)103-56-37(13)52(63(89-25-6)98-46(56)22-3)80-69(87)92-29-71(73,74)75/h31-39,44-68,86H,20-30H2,1-19H3,(H,79,82)(H,80,87)(H,81,88)/t31-,32+,33-,34-,35?,36+,37-,38-,39-,44?,45?,46?,47?,48?,49?,50?,51+,52?,53?,54?,55-,56+,57+,58+,59?,60+,61+,62?,63-,64+,65+,66+,67+,68+/m1/s1. The van der Waals surface area contributed by atoms with Gasteiger partial charge in [-0.05, 0) is 68.6 Å². The Hall–Kier alpha value is -2.44. The molecule has 0 aromatic rings. The molecule has 7 heterocycles. The maximum atomic E-state index is 14.1. The largest absolute Gasteiger partial charge is 0.463 e. The number of rotatable bonds is 29. The van der Waals surface area contributed by atoms with E-state index in [1.165, 1.54) is 27.7 Å². The van der Waals surface area contributed by atoms with E-state index in [4.69, 9.17) is 160 Å². The monoisotopic (exact) mass is 1650 g/mol. The number of aliphatic hydroxyl groups is 1. The number of hydrogen-bond donors (Lipinski definition) is 4. The number of halogens is 6. The smallest absolute Gasteiger partial charge is 0.407 e. The first-order valence-electron chi connectivity index (χ1n) is 37.8. The van der Waals surface area contributed by atoms with E-state index in [1.807, 2.05) is 76.2 Å². The summed E-state index contributed by atoms with van der Waals surface area (Å²) < 4.78 is 120. The Kier molecular flexibility index (Phi) is 35.3. The van der Waals surface area contributed by atoms with Gasteiger partial charge in [0, 0.05) is 64.4 Å². The van der Waals surface area contributed by atoms with Crippen molar-refractivity contribution in [3.63, 3.8) is 0 Å². The first kappa shape index (κ1) is 91.7. The van der Waals surface area contributed by atoms with Crippen LogP contribution in [0.2, 0.25) is 0 Å². The van der Waals surface area contributed by atoms with Crippen LogP contribution in [0.4, 0.5) is 9.59 Å². The van der Waals surface area contributed by atoms with E-state index >= 15 is 0 Å². The van der Waals surface area contributed by atoms with Crippen LogP contribution in [0.25, 0.3) is 0 Å². The first-order valence-corrected chi connectivity index (χ1v) is 40.1. The quantitative estimate of drug-likeness (QED) is 0.0307. The van der Waals surface area contributed by atoms with Crippen molar-refractivity contribution in [1.29, 1.82) is 0 Å². The summed E-state index contributed by atoms with van der Waals surface area (Å²) in [5.74, 6) is -5.18. The van der Waals surface area contributed by atoms with Crippen LogP contribution in [0.15, 0.2) is 0 Å². The molecule has 0 aromatic heterocycles. The molecule has 0 aliphatic carbocycles. The lowest BCUT2D eigenvalue weighted by Crippen LogP contribution is -2.68. The van der Waals surface area contributed by atoms with Crippen LogP contribution >= 0.6 is 69.6 Å². The molecular weight excluding hydrogens is 1540 g/mol. The molecule has 7 fully saturated rings. The van der Waals surface area contributed by atoms with Gasteiger partial charge in [0.25, 0.3) is 0 Å².